The van der Waals surface area contributed by atoms with Gasteiger partial charge in [0.05, 0.1) is 6.20 Å². The quantitative estimate of drug-likeness (QED) is 0.667. The lowest BCUT2D eigenvalue weighted by molar-refractivity contribution is 0.0793. The number of halogens is 1. The van der Waals surface area contributed by atoms with Crippen LogP contribution in [-0.4, -0.2) is 38.8 Å². The van der Waals surface area contributed by atoms with Crippen LogP contribution in [0.25, 0.3) is 0 Å². The Labute approximate surface area is 168 Å². The molecule has 0 bridgehead atoms. The van der Waals surface area contributed by atoms with Crippen molar-refractivity contribution >= 4 is 23.4 Å². The van der Waals surface area contributed by atoms with Gasteiger partial charge in [0.15, 0.2) is 0 Å². The first-order chi connectivity index (χ1) is 14.2. The van der Waals surface area contributed by atoms with Crippen LogP contribution in [0.1, 0.15) is 28.8 Å². The van der Waals surface area contributed by atoms with E-state index in [2.05, 4.69) is 25.6 Å². The fourth-order valence-electron chi connectivity index (χ4n) is 3.20. The molecule has 1 fully saturated rings. The Bertz CT molecular complexity index is 974. The number of hydrogen-bond donors (Lipinski definition) is 2. The van der Waals surface area contributed by atoms with Crippen molar-refractivity contribution in [2.24, 2.45) is 0 Å². The van der Waals surface area contributed by atoms with Crippen molar-refractivity contribution in [3.63, 3.8) is 0 Å². The molecule has 7 nitrogen and oxygen atoms in total. The van der Waals surface area contributed by atoms with Crippen LogP contribution in [0.4, 0.5) is 21.8 Å². The van der Waals surface area contributed by atoms with Gasteiger partial charge in [0.25, 0.3) is 5.91 Å². The van der Waals surface area contributed by atoms with Gasteiger partial charge in [-0.25, -0.2) is 14.4 Å². The molecule has 0 atom stereocenters. The van der Waals surface area contributed by atoms with Crippen LogP contribution in [-0.2, 0) is 6.54 Å². The van der Waals surface area contributed by atoms with Gasteiger partial charge in [0.2, 0.25) is 0 Å². The molecule has 0 spiro atoms. The lowest BCUT2D eigenvalue weighted by Crippen LogP contribution is -2.27. The summed E-state index contributed by atoms with van der Waals surface area (Å²) in [5, 5.41) is 6.30. The summed E-state index contributed by atoms with van der Waals surface area (Å²) in [6.07, 6.45) is 6.80. The normalized spacial score (nSPS) is 13.3. The van der Waals surface area contributed by atoms with Gasteiger partial charge in [-0.15, -0.1) is 0 Å². The zero-order chi connectivity index (χ0) is 20.1. The highest BCUT2D eigenvalue weighted by atomic mass is 19.1. The first kappa shape index (κ1) is 18.8. The topological polar surface area (TPSA) is 83.0 Å². The number of hydrogen-bond acceptors (Lipinski definition) is 6. The van der Waals surface area contributed by atoms with Gasteiger partial charge in [-0.1, -0.05) is 12.1 Å². The Morgan fingerprint density at radius 3 is 2.52 bits per heavy atom. The summed E-state index contributed by atoms with van der Waals surface area (Å²) >= 11 is 0. The van der Waals surface area contributed by atoms with Crippen molar-refractivity contribution < 1.29 is 9.18 Å². The summed E-state index contributed by atoms with van der Waals surface area (Å²) in [6, 6.07) is 9.71. The van der Waals surface area contributed by atoms with E-state index in [-0.39, 0.29) is 11.7 Å². The third kappa shape index (κ3) is 4.84. The standard InChI is InChI=1S/C21H21FN6O/c22-17-5-3-15(4-6-17)13-25-18-11-16(21(29)28-9-1-2-10-28)12-19(26-18)27-20-14-23-7-8-24-20/h3-8,11-12,14H,1-2,9-10,13H2,(H2,24,25,26,27). The Kier molecular flexibility index (Phi) is 5.60. The second-order valence-corrected chi connectivity index (χ2v) is 6.82. The molecule has 1 aliphatic rings. The number of nitrogens with zero attached hydrogens (tertiary/aromatic N) is 4. The van der Waals surface area contributed by atoms with Gasteiger partial charge in [0.1, 0.15) is 23.3 Å². The molecule has 1 amide bonds. The molecule has 1 aromatic carbocycles. The predicted molar refractivity (Wildman–Crippen MR) is 108 cm³/mol. The number of carbonyl (C=O) groups excluding carboxylic acids is 1. The number of nitrogens with one attached hydrogen (secondary N) is 2. The van der Waals surface area contributed by atoms with E-state index in [9.17, 15) is 9.18 Å². The molecule has 4 rings (SSSR count). The molecule has 148 valence electrons. The third-order valence-corrected chi connectivity index (χ3v) is 4.67. The van der Waals surface area contributed by atoms with Gasteiger partial charge >= 0.3 is 0 Å². The molecule has 0 unspecified atom stereocenters. The van der Waals surface area contributed by atoms with Crippen LogP contribution >= 0.6 is 0 Å². The van der Waals surface area contributed by atoms with E-state index < -0.39 is 0 Å². The Morgan fingerprint density at radius 2 is 1.79 bits per heavy atom. The number of aromatic nitrogens is 3. The molecular weight excluding hydrogens is 371 g/mol. The summed E-state index contributed by atoms with van der Waals surface area (Å²) in [6.45, 7) is 2.00. The number of amides is 1. The zero-order valence-electron chi connectivity index (χ0n) is 15.8. The number of likely N-dealkylation sites (tertiary alicyclic amines) is 1. The smallest absolute Gasteiger partial charge is 0.254 e. The fourth-order valence-corrected chi connectivity index (χ4v) is 3.20. The van der Waals surface area contributed by atoms with Crippen molar-refractivity contribution in [1.29, 1.82) is 0 Å². The van der Waals surface area contributed by atoms with E-state index in [0.29, 0.717) is 29.6 Å². The second-order valence-electron chi connectivity index (χ2n) is 6.82. The van der Waals surface area contributed by atoms with Crippen molar-refractivity contribution in [3.05, 3.63) is 71.9 Å². The molecular formula is C21H21FN6O. The van der Waals surface area contributed by atoms with Gasteiger partial charge in [0, 0.05) is 37.6 Å². The van der Waals surface area contributed by atoms with Crippen LogP contribution < -0.4 is 10.6 Å². The van der Waals surface area contributed by atoms with Crippen LogP contribution in [0.2, 0.25) is 0 Å². The minimum atomic E-state index is -0.277. The number of pyridine rings is 1. The zero-order valence-corrected chi connectivity index (χ0v) is 15.8. The van der Waals surface area contributed by atoms with Gasteiger partial charge in [-0.2, -0.15) is 0 Å². The van der Waals surface area contributed by atoms with Crippen LogP contribution in [0.3, 0.4) is 0 Å². The molecule has 3 heterocycles. The molecule has 29 heavy (non-hydrogen) atoms. The minimum absolute atomic E-state index is 0.0167. The fraction of sp³-hybridized carbons (Fsp3) is 0.238. The minimum Gasteiger partial charge on any atom is -0.366 e. The molecule has 8 heteroatoms. The highest BCUT2D eigenvalue weighted by molar-refractivity contribution is 5.96. The van der Waals surface area contributed by atoms with Crippen LogP contribution in [0, 0.1) is 5.82 Å². The van der Waals surface area contributed by atoms with E-state index in [0.717, 1.165) is 31.5 Å². The van der Waals surface area contributed by atoms with E-state index in [1.165, 1.54) is 12.1 Å². The average Bonchev–Trinajstić information content (AvgIpc) is 3.28. The van der Waals surface area contributed by atoms with Gasteiger partial charge in [-0.05, 0) is 42.7 Å². The SMILES string of the molecule is O=C(c1cc(NCc2ccc(F)cc2)nc(Nc2cnccn2)c1)N1CCCC1. The van der Waals surface area contributed by atoms with Crippen molar-refractivity contribution in [2.45, 2.75) is 19.4 Å². The molecule has 0 radical (unpaired) electrons. The highest BCUT2D eigenvalue weighted by Crippen LogP contribution is 2.21. The maximum absolute atomic E-state index is 13.1. The molecule has 2 aromatic heterocycles. The lowest BCUT2D eigenvalue weighted by atomic mass is 10.2. The molecule has 2 N–H and O–H groups in total. The highest BCUT2D eigenvalue weighted by Gasteiger charge is 2.21. The monoisotopic (exact) mass is 392 g/mol. The van der Waals surface area contributed by atoms with E-state index in [1.54, 1.807) is 42.9 Å². The maximum atomic E-state index is 13.1. The van der Waals surface area contributed by atoms with Crippen LogP contribution in [0.15, 0.2) is 55.0 Å². The molecule has 0 aliphatic carbocycles. The number of benzene rings is 1. The summed E-state index contributed by atoms with van der Waals surface area (Å²) in [4.78, 5) is 27.5. The second kappa shape index (κ2) is 8.64. The van der Waals surface area contributed by atoms with Crippen molar-refractivity contribution in [2.75, 3.05) is 23.7 Å². The Morgan fingerprint density at radius 1 is 1.03 bits per heavy atom. The first-order valence-electron chi connectivity index (χ1n) is 9.50. The average molecular weight is 392 g/mol. The van der Waals surface area contributed by atoms with E-state index in [4.69, 9.17) is 0 Å². The van der Waals surface area contributed by atoms with Crippen molar-refractivity contribution in [1.82, 2.24) is 19.9 Å². The maximum Gasteiger partial charge on any atom is 0.254 e. The van der Waals surface area contributed by atoms with Gasteiger partial charge < -0.3 is 15.5 Å². The number of anilines is 3. The molecule has 1 aliphatic heterocycles. The van der Waals surface area contributed by atoms with Crippen LogP contribution in [0.5, 0.6) is 0 Å². The first-order valence-corrected chi connectivity index (χ1v) is 9.50. The Hall–Kier alpha value is -3.55. The number of rotatable bonds is 6. The molecule has 0 saturated carbocycles. The third-order valence-electron chi connectivity index (χ3n) is 4.67. The summed E-state index contributed by atoms with van der Waals surface area (Å²) in [7, 11) is 0. The van der Waals surface area contributed by atoms with Gasteiger partial charge in [-0.3, -0.25) is 9.78 Å². The predicted octanol–water partition coefficient (Wildman–Crippen LogP) is 3.60. The largest absolute Gasteiger partial charge is 0.366 e. The summed E-state index contributed by atoms with van der Waals surface area (Å²) < 4.78 is 13.1. The number of carbonyl (C=O) groups is 1. The molecule has 1 saturated heterocycles. The van der Waals surface area contributed by atoms with E-state index >= 15 is 0 Å². The lowest BCUT2D eigenvalue weighted by Gasteiger charge is -2.17. The van der Waals surface area contributed by atoms with Crippen molar-refractivity contribution in [3.8, 4) is 0 Å². The summed E-state index contributed by atoms with van der Waals surface area (Å²) in [5.41, 5.74) is 1.46. The Balaban J connectivity index is 1.58. The summed E-state index contributed by atoms with van der Waals surface area (Å²) in [5.74, 6) is 1.29. The van der Waals surface area contributed by atoms with E-state index in [1.807, 2.05) is 4.90 Å². The molecule has 3 aromatic rings.